The fourth-order valence-electron chi connectivity index (χ4n) is 3.84. The lowest BCUT2D eigenvalue weighted by atomic mass is 9.86. The summed E-state index contributed by atoms with van der Waals surface area (Å²) in [6, 6.07) is 1.04. The van der Waals surface area contributed by atoms with Gasteiger partial charge in [0.05, 0.1) is 11.1 Å². The van der Waals surface area contributed by atoms with Crippen LogP contribution in [0.1, 0.15) is 67.2 Å². The van der Waals surface area contributed by atoms with Gasteiger partial charge in [0, 0.05) is 22.7 Å². The molecule has 7 heteroatoms. The van der Waals surface area contributed by atoms with Gasteiger partial charge in [0.25, 0.3) is 5.91 Å². The van der Waals surface area contributed by atoms with Crippen molar-refractivity contribution in [3.63, 3.8) is 0 Å². The second-order valence-corrected chi connectivity index (χ2v) is 8.62. The number of hydrogen-bond acceptors (Lipinski definition) is 3. The van der Waals surface area contributed by atoms with Gasteiger partial charge in [0.15, 0.2) is 0 Å². The maximum Gasteiger partial charge on any atom is 0.407 e. The molecule has 1 aliphatic rings. The molecule has 1 aromatic carbocycles. The van der Waals surface area contributed by atoms with Crippen LogP contribution in [0.4, 0.5) is 9.18 Å². The number of rotatable bonds is 3. The Balaban J connectivity index is 1.97. The number of alkyl carbamates (subject to hydrolysis) is 1. The number of aromatic amines is 1. The van der Waals surface area contributed by atoms with Gasteiger partial charge >= 0.3 is 6.09 Å². The van der Waals surface area contributed by atoms with E-state index < -0.39 is 23.4 Å². The number of allylic oxidation sites excluding steroid dienone is 1. The molecule has 29 heavy (non-hydrogen) atoms. The number of ether oxygens (including phenoxy) is 1. The Hall–Kier alpha value is -2.83. The summed E-state index contributed by atoms with van der Waals surface area (Å²) in [6.07, 6.45) is 3.45. The van der Waals surface area contributed by atoms with Crippen molar-refractivity contribution >= 4 is 28.5 Å². The van der Waals surface area contributed by atoms with E-state index in [2.05, 4.69) is 10.3 Å². The molecule has 4 N–H and O–H groups in total. The molecule has 1 atom stereocenters. The first-order valence-corrected chi connectivity index (χ1v) is 9.78. The number of amides is 2. The van der Waals surface area contributed by atoms with Crippen molar-refractivity contribution in [2.24, 2.45) is 5.73 Å². The predicted molar refractivity (Wildman–Crippen MR) is 111 cm³/mol. The highest BCUT2D eigenvalue weighted by Gasteiger charge is 2.27. The van der Waals surface area contributed by atoms with Gasteiger partial charge in [0.1, 0.15) is 11.4 Å². The molecule has 2 aromatic rings. The summed E-state index contributed by atoms with van der Waals surface area (Å²) in [6.45, 7) is 9.19. The first-order chi connectivity index (χ1) is 13.5. The molecular weight excluding hydrogens is 373 g/mol. The van der Waals surface area contributed by atoms with Crippen molar-refractivity contribution in [2.75, 3.05) is 0 Å². The number of halogens is 1. The molecule has 156 valence electrons. The van der Waals surface area contributed by atoms with Gasteiger partial charge in [-0.05, 0) is 71.1 Å². The van der Waals surface area contributed by atoms with Crippen molar-refractivity contribution in [1.82, 2.24) is 10.3 Å². The molecule has 0 radical (unpaired) electrons. The van der Waals surface area contributed by atoms with Crippen molar-refractivity contribution in [3.8, 4) is 0 Å². The highest BCUT2D eigenvalue weighted by Crippen LogP contribution is 2.38. The Labute approximate surface area is 169 Å². The molecule has 3 rings (SSSR count). The van der Waals surface area contributed by atoms with Gasteiger partial charge in [0.2, 0.25) is 0 Å². The SMILES string of the molecule is Cc1[nH]c2c(C(N)=O)cc(F)c(C3=CCC[C@H](NC(=O)OC(C)(C)C)C3)c2c1C. The molecule has 0 aliphatic heterocycles. The van der Waals surface area contributed by atoms with Gasteiger partial charge in [-0.15, -0.1) is 0 Å². The van der Waals surface area contributed by atoms with Gasteiger partial charge in [-0.2, -0.15) is 0 Å². The largest absolute Gasteiger partial charge is 0.444 e. The van der Waals surface area contributed by atoms with Crippen molar-refractivity contribution in [1.29, 1.82) is 0 Å². The second kappa shape index (κ2) is 7.54. The van der Waals surface area contributed by atoms with Crippen LogP contribution in [0.15, 0.2) is 12.1 Å². The summed E-state index contributed by atoms with van der Waals surface area (Å²) in [4.78, 5) is 27.1. The van der Waals surface area contributed by atoms with Crippen LogP contribution in [0.25, 0.3) is 16.5 Å². The number of nitrogens with two attached hydrogens (primary N) is 1. The summed E-state index contributed by atoms with van der Waals surface area (Å²) in [5.74, 6) is -1.17. The average molecular weight is 401 g/mol. The lowest BCUT2D eigenvalue weighted by Crippen LogP contribution is -2.40. The number of aromatic nitrogens is 1. The van der Waals surface area contributed by atoms with Gasteiger partial charge < -0.3 is 20.8 Å². The Bertz CT molecular complexity index is 1010. The van der Waals surface area contributed by atoms with Gasteiger partial charge in [-0.3, -0.25) is 4.79 Å². The van der Waals surface area contributed by atoms with Gasteiger partial charge in [-0.1, -0.05) is 6.08 Å². The predicted octanol–water partition coefficient (Wildman–Crippen LogP) is 4.48. The smallest absolute Gasteiger partial charge is 0.407 e. The van der Waals surface area contributed by atoms with Crippen LogP contribution >= 0.6 is 0 Å². The molecule has 0 unspecified atom stereocenters. The summed E-state index contributed by atoms with van der Waals surface area (Å²) in [5, 5.41) is 3.55. The Morgan fingerprint density at radius 1 is 1.31 bits per heavy atom. The number of H-pyrrole nitrogens is 1. The molecule has 6 nitrogen and oxygen atoms in total. The number of hydrogen-bond donors (Lipinski definition) is 3. The molecule has 1 heterocycles. The van der Waals surface area contributed by atoms with Crippen molar-refractivity contribution in [2.45, 2.75) is 65.5 Å². The van der Waals surface area contributed by atoms with Crippen LogP contribution in [0.3, 0.4) is 0 Å². The number of aryl methyl sites for hydroxylation is 2. The number of nitrogens with one attached hydrogen (secondary N) is 2. The van der Waals surface area contributed by atoms with Crippen LogP contribution in [0.2, 0.25) is 0 Å². The maximum atomic E-state index is 15.2. The summed E-state index contributed by atoms with van der Waals surface area (Å²) in [5.41, 5.74) is 8.56. The maximum absolute atomic E-state index is 15.2. The standard InChI is InChI=1S/C22H28FN3O3/c1-11-12(2)25-19-15(20(24)27)10-16(23)18(17(11)19)13-7-6-8-14(9-13)26-21(28)29-22(3,4)5/h7,10,14,25H,6,8-9H2,1-5H3,(H2,24,27)(H,26,28)/t14-/m0/s1. The van der Waals surface area contributed by atoms with Crippen LogP contribution in [0, 0.1) is 19.7 Å². The van der Waals surface area contributed by atoms with E-state index >= 15 is 4.39 Å². The number of carbonyl (C=O) groups is 2. The Kier molecular flexibility index (Phi) is 5.43. The number of primary amides is 1. The van der Waals surface area contributed by atoms with E-state index in [1.54, 1.807) is 0 Å². The normalized spacial score (nSPS) is 17.2. The molecule has 0 saturated carbocycles. The molecule has 0 saturated heterocycles. The monoisotopic (exact) mass is 401 g/mol. The molecule has 0 spiro atoms. The zero-order chi connectivity index (χ0) is 21.5. The van der Waals surface area contributed by atoms with Crippen molar-refractivity contribution in [3.05, 3.63) is 40.3 Å². The lowest BCUT2D eigenvalue weighted by Gasteiger charge is -2.27. The fourth-order valence-corrected chi connectivity index (χ4v) is 3.84. The van der Waals surface area contributed by atoms with E-state index in [-0.39, 0.29) is 11.6 Å². The quantitative estimate of drug-likeness (QED) is 0.707. The minimum atomic E-state index is -0.677. The average Bonchev–Trinajstić information content (AvgIpc) is 2.88. The number of carbonyl (C=O) groups excluding carboxylic acids is 2. The second-order valence-electron chi connectivity index (χ2n) is 8.62. The van der Waals surface area contributed by atoms with E-state index in [1.165, 1.54) is 6.07 Å². The van der Waals surface area contributed by atoms with Crippen LogP contribution in [-0.4, -0.2) is 28.6 Å². The van der Waals surface area contributed by atoms with E-state index in [0.717, 1.165) is 23.3 Å². The minimum Gasteiger partial charge on any atom is -0.444 e. The van der Waals surface area contributed by atoms with Crippen LogP contribution < -0.4 is 11.1 Å². The third-order valence-corrected chi connectivity index (χ3v) is 5.21. The minimum absolute atomic E-state index is 0.136. The van der Waals surface area contributed by atoms with E-state index in [9.17, 15) is 9.59 Å². The fraction of sp³-hybridized carbons (Fsp3) is 0.455. The highest BCUT2D eigenvalue weighted by atomic mass is 19.1. The van der Waals surface area contributed by atoms with Crippen LogP contribution in [0.5, 0.6) is 0 Å². The van der Waals surface area contributed by atoms with Crippen LogP contribution in [-0.2, 0) is 4.74 Å². The third-order valence-electron chi connectivity index (χ3n) is 5.21. The Morgan fingerprint density at radius 3 is 2.62 bits per heavy atom. The summed E-state index contributed by atoms with van der Waals surface area (Å²) in [7, 11) is 0. The molecule has 2 amide bonds. The first kappa shape index (κ1) is 20.9. The molecule has 1 aliphatic carbocycles. The molecular formula is C22H28FN3O3. The zero-order valence-electron chi connectivity index (χ0n) is 17.5. The lowest BCUT2D eigenvalue weighted by molar-refractivity contribution is 0.0502. The summed E-state index contributed by atoms with van der Waals surface area (Å²) >= 11 is 0. The van der Waals surface area contributed by atoms with E-state index in [1.807, 2.05) is 40.7 Å². The van der Waals surface area contributed by atoms with E-state index in [0.29, 0.717) is 29.3 Å². The summed E-state index contributed by atoms with van der Waals surface area (Å²) < 4.78 is 20.5. The zero-order valence-corrected chi connectivity index (χ0v) is 17.5. The molecule has 0 bridgehead atoms. The molecule has 1 aromatic heterocycles. The van der Waals surface area contributed by atoms with Crippen molar-refractivity contribution < 1.29 is 18.7 Å². The number of fused-ring (bicyclic) bond motifs is 1. The highest BCUT2D eigenvalue weighted by molar-refractivity contribution is 6.09. The topological polar surface area (TPSA) is 97.2 Å². The molecule has 0 fully saturated rings. The first-order valence-electron chi connectivity index (χ1n) is 9.78. The van der Waals surface area contributed by atoms with E-state index in [4.69, 9.17) is 10.5 Å². The number of benzene rings is 1. The van der Waals surface area contributed by atoms with Gasteiger partial charge in [-0.25, -0.2) is 9.18 Å². The third kappa shape index (κ3) is 4.28. The Morgan fingerprint density at radius 2 is 2.00 bits per heavy atom.